The first-order chi connectivity index (χ1) is 16.9. The molecule has 0 aliphatic heterocycles. The van der Waals surface area contributed by atoms with Gasteiger partial charge in [0.25, 0.3) is 0 Å². The number of benzene rings is 2. The maximum Gasteiger partial charge on any atom is 0.330 e. The molecule has 0 heterocycles. The Hall–Kier alpha value is -3.41. The number of unbranched alkanes of at least 4 members (excludes halogenated alkanes) is 4. The second-order valence-corrected chi connectivity index (χ2v) is 8.64. The summed E-state index contributed by atoms with van der Waals surface area (Å²) in [6, 6.07) is 14.6. The van der Waals surface area contributed by atoms with Gasteiger partial charge in [0, 0.05) is 18.9 Å². The zero-order chi connectivity index (χ0) is 25.5. The lowest BCUT2D eigenvalue weighted by molar-refractivity contribution is -0.139. The smallest absolute Gasteiger partial charge is 0.330 e. The molecule has 2 rings (SSSR count). The van der Waals surface area contributed by atoms with Crippen molar-refractivity contribution in [3.63, 3.8) is 0 Å². The predicted molar refractivity (Wildman–Crippen MR) is 136 cm³/mol. The van der Waals surface area contributed by atoms with Gasteiger partial charge in [-0.15, -0.1) is 0 Å². The van der Waals surface area contributed by atoms with Gasteiger partial charge in [-0.2, -0.15) is 0 Å². The zero-order valence-electron chi connectivity index (χ0n) is 20.8. The van der Waals surface area contributed by atoms with Gasteiger partial charge in [0.15, 0.2) is 0 Å². The van der Waals surface area contributed by atoms with E-state index in [-0.39, 0.29) is 30.9 Å². The molecule has 0 aliphatic rings. The summed E-state index contributed by atoms with van der Waals surface area (Å²) in [7, 11) is 0. The molecule has 6 nitrogen and oxygen atoms in total. The Morgan fingerprint density at radius 1 is 0.800 bits per heavy atom. The lowest BCUT2D eigenvalue weighted by atomic mass is 10.1. The van der Waals surface area contributed by atoms with E-state index < -0.39 is 5.97 Å². The Morgan fingerprint density at radius 3 is 1.83 bits per heavy atom. The summed E-state index contributed by atoms with van der Waals surface area (Å²) in [6.07, 6.45) is 7.79. The number of ether oxygens (including phenoxy) is 3. The van der Waals surface area contributed by atoms with Crippen molar-refractivity contribution < 1.29 is 28.6 Å². The molecule has 0 aromatic heterocycles. The first-order valence-corrected chi connectivity index (χ1v) is 12.3. The van der Waals surface area contributed by atoms with Crippen LogP contribution >= 0.6 is 0 Å². The van der Waals surface area contributed by atoms with Gasteiger partial charge in [-0.05, 0) is 54.2 Å². The van der Waals surface area contributed by atoms with E-state index in [4.69, 9.17) is 14.2 Å². The molecule has 188 valence electrons. The highest BCUT2D eigenvalue weighted by Gasteiger charge is 2.11. The average Bonchev–Trinajstić information content (AvgIpc) is 2.87. The number of rotatable bonds is 15. The molecule has 2 aromatic rings. The normalized spacial score (nSPS) is 11.4. The molecule has 0 spiro atoms. The maximum absolute atomic E-state index is 12.1. The van der Waals surface area contributed by atoms with Gasteiger partial charge >= 0.3 is 17.9 Å². The van der Waals surface area contributed by atoms with Crippen LogP contribution in [0.15, 0.2) is 61.2 Å². The first-order valence-electron chi connectivity index (χ1n) is 12.3. The van der Waals surface area contributed by atoms with E-state index in [9.17, 15) is 14.4 Å². The van der Waals surface area contributed by atoms with E-state index in [1.807, 2.05) is 31.2 Å². The quantitative estimate of drug-likeness (QED) is 0.123. The highest BCUT2D eigenvalue weighted by atomic mass is 16.5. The molecule has 1 atom stereocenters. The van der Waals surface area contributed by atoms with Crippen molar-refractivity contribution in [1.29, 1.82) is 0 Å². The van der Waals surface area contributed by atoms with Gasteiger partial charge in [0.2, 0.25) is 0 Å². The maximum atomic E-state index is 12.1. The Labute approximate surface area is 208 Å². The Bertz CT molecular complexity index is 946. The molecule has 2 aromatic carbocycles. The van der Waals surface area contributed by atoms with Gasteiger partial charge in [-0.3, -0.25) is 9.59 Å². The summed E-state index contributed by atoms with van der Waals surface area (Å²) >= 11 is 0. The molecule has 0 aliphatic carbocycles. The molecule has 1 unspecified atom stereocenters. The van der Waals surface area contributed by atoms with Crippen LogP contribution in [0.1, 0.15) is 65.2 Å². The fraction of sp³-hybridized carbons (Fsp3) is 0.414. The van der Waals surface area contributed by atoms with Crippen LogP contribution in [0.4, 0.5) is 0 Å². The van der Waals surface area contributed by atoms with Gasteiger partial charge in [0.05, 0.1) is 6.61 Å². The first kappa shape index (κ1) is 27.8. The fourth-order valence-electron chi connectivity index (χ4n) is 3.40. The molecule has 35 heavy (non-hydrogen) atoms. The van der Waals surface area contributed by atoms with Crippen LogP contribution in [-0.2, 0) is 19.1 Å². The second kappa shape index (κ2) is 15.5. The third-order valence-corrected chi connectivity index (χ3v) is 5.51. The number of hydrogen-bond donors (Lipinski definition) is 0. The monoisotopic (exact) mass is 480 g/mol. The molecule has 0 saturated carbocycles. The minimum atomic E-state index is -0.469. The van der Waals surface area contributed by atoms with E-state index in [0.29, 0.717) is 24.3 Å². The molecular weight excluding hydrogens is 444 g/mol. The highest BCUT2D eigenvalue weighted by molar-refractivity contribution is 5.81. The molecule has 0 N–H and O–H groups in total. The van der Waals surface area contributed by atoms with Crippen molar-refractivity contribution in [2.75, 3.05) is 6.61 Å². The minimum absolute atomic E-state index is 0.0434. The van der Waals surface area contributed by atoms with Crippen molar-refractivity contribution >= 4 is 17.9 Å². The van der Waals surface area contributed by atoms with E-state index in [1.165, 1.54) is 12.8 Å². The average molecular weight is 481 g/mol. The fourth-order valence-corrected chi connectivity index (χ4v) is 3.40. The van der Waals surface area contributed by atoms with E-state index in [1.54, 1.807) is 24.3 Å². The number of carbonyl (C=O) groups excluding carboxylic acids is 3. The Kier molecular flexibility index (Phi) is 12.3. The van der Waals surface area contributed by atoms with Crippen LogP contribution < -0.4 is 9.47 Å². The van der Waals surface area contributed by atoms with E-state index in [0.717, 1.165) is 36.5 Å². The minimum Gasteiger partial charge on any atom is -0.462 e. The lowest BCUT2D eigenvalue weighted by Crippen LogP contribution is -2.14. The summed E-state index contributed by atoms with van der Waals surface area (Å²) in [5.74, 6) is 0.0364. The van der Waals surface area contributed by atoms with Crippen molar-refractivity contribution in [3.05, 3.63) is 61.2 Å². The van der Waals surface area contributed by atoms with Gasteiger partial charge < -0.3 is 14.2 Å². The van der Waals surface area contributed by atoms with Crippen molar-refractivity contribution in [2.24, 2.45) is 5.92 Å². The molecule has 6 heteroatoms. The number of esters is 3. The van der Waals surface area contributed by atoms with Crippen molar-refractivity contribution in [3.8, 4) is 22.6 Å². The number of hydrogen-bond acceptors (Lipinski definition) is 6. The molecule has 0 bridgehead atoms. The molecular formula is C29H36O6. The van der Waals surface area contributed by atoms with Crippen LogP contribution in [0.2, 0.25) is 0 Å². The molecule has 0 saturated heterocycles. The van der Waals surface area contributed by atoms with Crippen LogP contribution in [-0.4, -0.2) is 24.5 Å². The molecule has 0 fully saturated rings. The van der Waals surface area contributed by atoms with Crippen LogP contribution in [0.3, 0.4) is 0 Å². The number of carbonyl (C=O) groups is 3. The highest BCUT2D eigenvalue weighted by Crippen LogP contribution is 2.25. The van der Waals surface area contributed by atoms with Gasteiger partial charge in [-0.25, -0.2) is 4.79 Å². The third kappa shape index (κ3) is 11.0. The summed E-state index contributed by atoms with van der Waals surface area (Å²) < 4.78 is 15.8. The van der Waals surface area contributed by atoms with Crippen LogP contribution in [0, 0.1) is 5.92 Å². The Balaban J connectivity index is 1.77. The Morgan fingerprint density at radius 2 is 1.31 bits per heavy atom. The van der Waals surface area contributed by atoms with E-state index >= 15 is 0 Å². The van der Waals surface area contributed by atoms with Crippen molar-refractivity contribution in [2.45, 2.75) is 65.2 Å². The topological polar surface area (TPSA) is 78.9 Å². The van der Waals surface area contributed by atoms with Crippen LogP contribution in [0.25, 0.3) is 11.1 Å². The largest absolute Gasteiger partial charge is 0.462 e. The lowest BCUT2D eigenvalue weighted by Gasteiger charge is -2.11. The van der Waals surface area contributed by atoms with Crippen LogP contribution in [0.5, 0.6) is 11.5 Å². The predicted octanol–water partition coefficient (Wildman–Crippen LogP) is 6.67. The summed E-state index contributed by atoms with van der Waals surface area (Å²) in [5, 5.41) is 0. The van der Waals surface area contributed by atoms with Crippen molar-refractivity contribution in [1.82, 2.24) is 0 Å². The molecule has 0 amide bonds. The second-order valence-electron chi connectivity index (χ2n) is 8.64. The standard InChI is InChI=1S/C29H36O6/c1-4-6-7-8-9-10-28(31)34-25-16-12-23(13-17-25)24-14-18-26(19-15-24)35-29(32)20-11-22(3)21-33-27(30)5-2/h5,12-19,22H,2,4,6-11,20-21H2,1,3H3. The summed E-state index contributed by atoms with van der Waals surface area (Å²) in [5.41, 5.74) is 1.92. The molecule has 0 radical (unpaired) electrons. The van der Waals surface area contributed by atoms with Gasteiger partial charge in [0.1, 0.15) is 11.5 Å². The zero-order valence-corrected chi connectivity index (χ0v) is 20.8. The third-order valence-electron chi connectivity index (χ3n) is 5.51. The summed E-state index contributed by atoms with van der Waals surface area (Å²) in [6.45, 7) is 7.66. The summed E-state index contributed by atoms with van der Waals surface area (Å²) in [4.78, 5) is 35.2. The van der Waals surface area contributed by atoms with E-state index in [2.05, 4.69) is 13.5 Å². The van der Waals surface area contributed by atoms with Gasteiger partial charge in [-0.1, -0.05) is 70.4 Å². The SMILES string of the molecule is C=CC(=O)OCC(C)CCC(=O)Oc1ccc(-c2ccc(OC(=O)CCCCCCC)cc2)cc1.